The number of tetrazole rings is 1. The van der Waals surface area contributed by atoms with E-state index in [4.69, 9.17) is 0 Å². The van der Waals surface area contributed by atoms with Gasteiger partial charge in [0.1, 0.15) is 0 Å². The lowest BCUT2D eigenvalue weighted by Crippen LogP contribution is -2.22. The largest absolute Gasteiger partial charge is 0.326 e. The molecule has 0 unspecified atom stereocenters. The highest BCUT2D eigenvalue weighted by Gasteiger charge is 2.16. The van der Waals surface area contributed by atoms with Crippen molar-refractivity contribution in [1.82, 2.24) is 20.2 Å². The normalized spacial score (nSPS) is 11.7. The second kappa shape index (κ2) is 11.4. The van der Waals surface area contributed by atoms with Gasteiger partial charge < -0.3 is 5.32 Å². The maximum absolute atomic E-state index is 12.6. The molecule has 2 N–H and O–H groups in total. The van der Waals surface area contributed by atoms with Gasteiger partial charge in [-0.2, -0.15) is 4.80 Å². The van der Waals surface area contributed by atoms with Gasteiger partial charge >= 0.3 is 6.03 Å². The van der Waals surface area contributed by atoms with E-state index in [1.54, 1.807) is 0 Å². The first-order chi connectivity index (χ1) is 14.7. The summed E-state index contributed by atoms with van der Waals surface area (Å²) in [5.41, 5.74) is 5.66. The summed E-state index contributed by atoms with van der Waals surface area (Å²) in [6.07, 6.45) is 6.34. The highest BCUT2D eigenvalue weighted by molar-refractivity contribution is 5.99. The fourth-order valence-corrected chi connectivity index (χ4v) is 3.24. The van der Waals surface area contributed by atoms with Crippen LogP contribution in [0.5, 0.6) is 0 Å². The molecule has 2 aromatic rings. The van der Waals surface area contributed by atoms with Crippen LogP contribution in [0, 0.1) is 0 Å². The van der Waals surface area contributed by atoms with Gasteiger partial charge in [-0.3, -0.25) is 5.32 Å². The molecular weight excluding hydrogens is 388 g/mol. The average molecular weight is 425 g/mol. The molecule has 1 heterocycles. The maximum atomic E-state index is 12.6. The quantitative estimate of drug-likeness (QED) is 0.465. The molecule has 31 heavy (non-hydrogen) atoms. The molecule has 0 spiro atoms. The molecule has 7 heteroatoms. The zero-order valence-electron chi connectivity index (χ0n) is 19.9. The van der Waals surface area contributed by atoms with Gasteiger partial charge in [0.15, 0.2) is 0 Å². The molecule has 7 nitrogen and oxygen atoms in total. The third kappa shape index (κ3) is 7.66. The number of urea groups is 1. The first-order valence-corrected chi connectivity index (χ1v) is 10.9. The number of hydrogen-bond donors (Lipinski definition) is 2. The van der Waals surface area contributed by atoms with E-state index in [0.29, 0.717) is 18.4 Å². The maximum Gasteiger partial charge on any atom is 0.326 e. The van der Waals surface area contributed by atoms with Crippen molar-refractivity contribution in [3.8, 4) is 0 Å². The Morgan fingerprint density at radius 1 is 1.03 bits per heavy atom. The Hall–Kier alpha value is -2.96. The number of nitrogens with one attached hydrogen (secondary N) is 2. The molecule has 0 aliphatic carbocycles. The van der Waals surface area contributed by atoms with E-state index in [9.17, 15) is 4.79 Å². The van der Waals surface area contributed by atoms with Gasteiger partial charge in [0, 0.05) is 5.69 Å². The predicted molar refractivity (Wildman–Crippen MR) is 128 cm³/mol. The van der Waals surface area contributed by atoms with E-state index in [1.807, 2.05) is 18.2 Å². The standard InChI is InChI=1S/C24H36N6O/c1-16(2)10-8-11-19(7)14-15-30-28-23(27-29-30)26-24(31)25-22-20(17(3)4)12-9-13-21(22)18(5)6/h9-10,12-14,17-18H,8,11,15H2,1-7H3,(H2,25,26,28,31). The van der Waals surface area contributed by atoms with Crippen molar-refractivity contribution in [1.29, 1.82) is 0 Å². The molecule has 0 fully saturated rings. The Kier molecular flexibility index (Phi) is 8.97. The number of hydrogen-bond acceptors (Lipinski definition) is 4. The number of para-hydroxylation sites is 1. The van der Waals surface area contributed by atoms with Crippen LogP contribution in [0.3, 0.4) is 0 Å². The molecule has 1 aromatic heterocycles. The third-order valence-corrected chi connectivity index (χ3v) is 4.98. The average Bonchev–Trinajstić information content (AvgIpc) is 3.13. The van der Waals surface area contributed by atoms with Crippen LogP contribution in [-0.2, 0) is 6.54 Å². The van der Waals surface area contributed by atoms with E-state index in [-0.39, 0.29) is 12.0 Å². The van der Waals surface area contributed by atoms with Crippen molar-refractivity contribution in [2.75, 3.05) is 10.6 Å². The van der Waals surface area contributed by atoms with Crippen LogP contribution < -0.4 is 10.6 Å². The SMILES string of the molecule is CC(C)=CCCC(C)=CCn1nnc(NC(=O)Nc2c(C(C)C)cccc2C(C)C)n1. The zero-order chi connectivity index (χ0) is 23.0. The molecule has 2 rings (SSSR count). The number of benzene rings is 1. The van der Waals surface area contributed by atoms with Crippen LogP contribution in [0.4, 0.5) is 16.4 Å². The molecule has 0 bridgehead atoms. The number of carbonyl (C=O) groups is 1. The van der Waals surface area contributed by atoms with Crippen molar-refractivity contribution < 1.29 is 4.79 Å². The monoisotopic (exact) mass is 424 g/mol. The van der Waals surface area contributed by atoms with Crippen molar-refractivity contribution in [3.05, 3.63) is 52.6 Å². The van der Waals surface area contributed by atoms with E-state index in [1.165, 1.54) is 15.9 Å². The summed E-state index contributed by atoms with van der Waals surface area (Å²) in [7, 11) is 0. The minimum Gasteiger partial charge on any atom is -0.307 e. The Bertz CT molecular complexity index is 909. The summed E-state index contributed by atoms with van der Waals surface area (Å²) in [6.45, 7) is 15.3. The molecule has 1 aromatic carbocycles. The summed E-state index contributed by atoms with van der Waals surface area (Å²) in [4.78, 5) is 14.1. The van der Waals surface area contributed by atoms with Crippen LogP contribution in [0.1, 0.15) is 84.3 Å². The molecular formula is C24H36N6O. The lowest BCUT2D eigenvalue weighted by Gasteiger charge is -2.20. The highest BCUT2D eigenvalue weighted by atomic mass is 16.2. The van der Waals surface area contributed by atoms with Crippen LogP contribution in [0.2, 0.25) is 0 Å². The van der Waals surface area contributed by atoms with Crippen molar-refractivity contribution >= 4 is 17.7 Å². The van der Waals surface area contributed by atoms with Gasteiger partial charge in [0.25, 0.3) is 5.95 Å². The van der Waals surface area contributed by atoms with Crippen LogP contribution in [-0.4, -0.2) is 26.2 Å². The number of anilines is 2. The van der Waals surface area contributed by atoms with Crippen molar-refractivity contribution in [3.63, 3.8) is 0 Å². The molecule has 0 saturated carbocycles. The highest BCUT2D eigenvalue weighted by Crippen LogP contribution is 2.32. The van der Waals surface area contributed by atoms with Crippen molar-refractivity contribution in [2.24, 2.45) is 0 Å². The fourth-order valence-electron chi connectivity index (χ4n) is 3.24. The number of carbonyl (C=O) groups excluding carboxylic acids is 1. The Morgan fingerprint density at radius 3 is 2.26 bits per heavy atom. The number of rotatable bonds is 9. The topological polar surface area (TPSA) is 84.7 Å². The minimum atomic E-state index is -0.372. The van der Waals surface area contributed by atoms with E-state index in [2.05, 4.69) is 86.7 Å². The fraction of sp³-hybridized carbons (Fsp3) is 0.500. The van der Waals surface area contributed by atoms with Gasteiger partial charge in [-0.05, 0) is 61.8 Å². The lowest BCUT2D eigenvalue weighted by atomic mass is 9.93. The molecule has 0 saturated heterocycles. The Morgan fingerprint density at radius 2 is 1.68 bits per heavy atom. The Balaban J connectivity index is 2.01. The van der Waals surface area contributed by atoms with Crippen LogP contribution >= 0.6 is 0 Å². The lowest BCUT2D eigenvalue weighted by molar-refractivity contribution is 0.262. The molecule has 168 valence electrons. The summed E-state index contributed by atoms with van der Waals surface area (Å²) < 4.78 is 0. The number of allylic oxidation sites excluding steroid dienone is 4. The van der Waals surface area contributed by atoms with Crippen LogP contribution in [0.15, 0.2) is 41.5 Å². The first-order valence-electron chi connectivity index (χ1n) is 10.9. The molecule has 0 aliphatic rings. The van der Waals surface area contributed by atoms with E-state index in [0.717, 1.165) is 29.7 Å². The van der Waals surface area contributed by atoms with Gasteiger partial charge in [-0.15, -0.1) is 5.10 Å². The van der Waals surface area contributed by atoms with E-state index < -0.39 is 0 Å². The molecule has 0 radical (unpaired) electrons. The summed E-state index contributed by atoms with van der Waals surface area (Å²) in [5, 5.41) is 17.9. The van der Waals surface area contributed by atoms with Crippen molar-refractivity contribution in [2.45, 2.75) is 79.7 Å². The second-order valence-electron chi connectivity index (χ2n) is 8.74. The smallest absolute Gasteiger partial charge is 0.307 e. The molecule has 0 aliphatic heterocycles. The Labute approximate surface area is 186 Å². The van der Waals surface area contributed by atoms with E-state index >= 15 is 0 Å². The number of nitrogens with zero attached hydrogens (tertiary/aromatic N) is 4. The first kappa shape index (κ1) is 24.3. The van der Waals surface area contributed by atoms with Gasteiger partial charge in [0.2, 0.25) is 0 Å². The molecule has 2 amide bonds. The second-order valence-corrected chi connectivity index (χ2v) is 8.74. The van der Waals surface area contributed by atoms with Gasteiger partial charge in [-0.25, -0.2) is 4.79 Å². The summed E-state index contributed by atoms with van der Waals surface area (Å²) >= 11 is 0. The number of amides is 2. The van der Waals surface area contributed by atoms with Crippen LogP contribution in [0.25, 0.3) is 0 Å². The third-order valence-electron chi connectivity index (χ3n) is 4.98. The summed E-state index contributed by atoms with van der Waals surface area (Å²) in [6, 6.07) is 5.76. The minimum absolute atomic E-state index is 0.182. The predicted octanol–water partition coefficient (Wildman–Crippen LogP) is 6.26. The molecule has 0 atom stereocenters. The number of aromatic nitrogens is 4. The van der Waals surface area contributed by atoms with Gasteiger partial charge in [0.05, 0.1) is 6.54 Å². The van der Waals surface area contributed by atoms with Gasteiger partial charge in [-0.1, -0.05) is 74.3 Å². The zero-order valence-corrected chi connectivity index (χ0v) is 19.9. The summed E-state index contributed by atoms with van der Waals surface area (Å²) in [5.74, 6) is 0.765.